The zero-order valence-electron chi connectivity index (χ0n) is 15.6. The summed E-state index contributed by atoms with van der Waals surface area (Å²) in [6, 6.07) is 22.9. The molecule has 5 rings (SSSR count). The third kappa shape index (κ3) is 2.82. The number of para-hydroxylation sites is 1. The number of hydrogen-bond acceptors (Lipinski definition) is 5. The van der Waals surface area contributed by atoms with Gasteiger partial charge in [-0.2, -0.15) is 0 Å². The van der Waals surface area contributed by atoms with Crippen molar-refractivity contribution in [3.63, 3.8) is 0 Å². The summed E-state index contributed by atoms with van der Waals surface area (Å²) in [5.41, 5.74) is 3.35. The SMILES string of the molecule is O=C(ON1C(=O)c2ccccc2C1=O)c1ccc(-c2cccc3cccnc23)cc1. The zero-order valence-corrected chi connectivity index (χ0v) is 15.6. The first-order valence-electron chi connectivity index (χ1n) is 9.28. The van der Waals surface area contributed by atoms with Crippen molar-refractivity contribution >= 4 is 28.7 Å². The van der Waals surface area contributed by atoms with E-state index in [-0.39, 0.29) is 16.7 Å². The van der Waals surface area contributed by atoms with Crippen molar-refractivity contribution in [3.05, 3.63) is 102 Å². The van der Waals surface area contributed by atoms with Gasteiger partial charge in [-0.3, -0.25) is 14.6 Å². The fourth-order valence-corrected chi connectivity index (χ4v) is 3.51. The van der Waals surface area contributed by atoms with E-state index in [1.165, 1.54) is 12.1 Å². The van der Waals surface area contributed by atoms with Crippen molar-refractivity contribution in [1.29, 1.82) is 0 Å². The molecule has 0 aliphatic carbocycles. The van der Waals surface area contributed by atoms with Crippen molar-refractivity contribution in [2.75, 3.05) is 0 Å². The molecule has 1 aromatic heterocycles. The normalized spacial score (nSPS) is 12.9. The highest BCUT2D eigenvalue weighted by molar-refractivity contribution is 6.21. The van der Waals surface area contributed by atoms with Gasteiger partial charge in [-0.05, 0) is 35.9 Å². The highest BCUT2D eigenvalue weighted by Crippen LogP contribution is 2.28. The Kier molecular flexibility index (Phi) is 4.10. The molecule has 6 nitrogen and oxygen atoms in total. The first-order valence-corrected chi connectivity index (χ1v) is 9.28. The Morgan fingerprint density at radius 1 is 0.733 bits per heavy atom. The smallest absolute Gasteiger partial charge is 0.324 e. The molecule has 0 saturated carbocycles. The molecule has 4 aromatic rings. The second-order valence-electron chi connectivity index (χ2n) is 6.79. The van der Waals surface area contributed by atoms with Crippen LogP contribution >= 0.6 is 0 Å². The summed E-state index contributed by atoms with van der Waals surface area (Å²) < 4.78 is 0. The first-order chi connectivity index (χ1) is 14.6. The largest absolute Gasteiger partial charge is 0.363 e. The molecule has 3 aromatic carbocycles. The Bertz CT molecular complexity index is 1290. The lowest BCUT2D eigenvalue weighted by molar-refractivity contribution is -0.0584. The van der Waals surface area contributed by atoms with E-state index in [4.69, 9.17) is 4.84 Å². The van der Waals surface area contributed by atoms with Crippen LogP contribution in [0.2, 0.25) is 0 Å². The van der Waals surface area contributed by atoms with E-state index in [9.17, 15) is 14.4 Å². The maximum atomic E-state index is 12.5. The third-order valence-electron chi connectivity index (χ3n) is 5.00. The Morgan fingerprint density at radius 3 is 2.07 bits per heavy atom. The molecule has 6 heteroatoms. The number of hydroxylamine groups is 2. The molecule has 0 unspecified atom stereocenters. The van der Waals surface area contributed by atoms with Crippen LogP contribution in [0.4, 0.5) is 0 Å². The fraction of sp³-hybridized carbons (Fsp3) is 0. The van der Waals surface area contributed by atoms with Crippen LogP contribution in [0.3, 0.4) is 0 Å². The van der Waals surface area contributed by atoms with Gasteiger partial charge < -0.3 is 4.84 Å². The highest BCUT2D eigenvalue weighted by atomic mass is 16.7. The first kappa shape index (κ1) is 17.8. The number of aromatic nitrogens is 1. The van der Waals surface area contributed by atoms with E-state index in [1.807, 2.05) is 30.3 Å². The van der Waals surface area contributed by atoms with Gasteiger partial charge in [0, 0.05) is 17.1 Å². The lowest BCUT2D eigenvalue weighted by atomic mass is 10.0. The molecule has 30 heavy (non-hydrogen) atoms. The van der Waals surface area contributed by atoms with E-state index < -0.39 is 17.8 Å². The highest BCUT2D eigenvalue weighted by Gasteiger charge is 2.38. The van der Waals surface area contributed by atoms with Crippen LogP contribution in [-0.2, 0) is 4.84 Å². The summed E-state index contributed by atoms with van der Waals surface area (Å²) in [4.78, 5) is 46.8. The maximum Gasteiger partial charge on any atom is 0.363 e. The summed E-state index contributed by atoms with van der Waals surface area (Å²) in [5.74, 6) is -2.09. The number of rotatable bonds is 3. The van der Waals surface area contributed by atoms with Crippen LogP contribution in [-0.4, -0.2) is 27.8 Å². The lowest BCUT2D eigenvalue weighted by Gasteiger charge is -2.13. The summed E-state index contributed by atoms with van der Waals surface area (Å²) in [6.45, 7) is 0. The molecule has 0 N–H and O–H groups in total. The molecule has 0 atom stereocenters. The van der Waals surface area contributed by atoms with Gasteiger partial charge in [-0.1, -0.05) is 53.6 Å². The number of fused-ring (bicyclic) bond motifs is 2. The van der Waals surface area contributed by atoms with Crippen LogP contribution in [0, 0.1) is 0 Å². The predicted molar refractivity (Wildman–Crippen MR) is 110 cm³/mol. The summed E-state index contributed by atoms with van der Waals surface area (Å²) in [6.07, 6.45) is 1.74. The zero-order chi connectivity index (χ0) is 20.7. The molecule has 0 bridgehead atoms. The van der Waals surface area contributed by atoms with Crippen LogP contribution in [0.5, 0.6) is 0 Å². The minimum atomic E-state index is -0.785. The van der Waals surface area contributed by atoms with E-state index >= 15 is 0 Å². The average molecular weight is 394 g/mol. The van der Waals surface area contributed by atoms with E-state index in [2.05, 4.69) is 4.98 Å². The standard InChI is InChI=1S/C24H14N2O4/c27-22-19-7-1-2-8-20(19)23(28)26(22)30-24(29)17-12-10-15(11-13-17)18-9-3-5-16-6-4-14-25-21(16)18/h1-14H. The Labute approximate surface area is 171 Å². The van der Waals surface area contributed by atoms with Gasteiger partial charge in [-0.15, -0.1) is 0 Å². The molecular formula is C24H14N2O4. The maximum absolute atomic E-state index is 12.5. The number of pyridine rings is 1. The Hall–Kier alpha value is -4.32. The summed E-state index contributed by atoms with van der Waals surface area (Å²) in [7, 11) is 0. The van der Waals surface area contributed by atoms with Gasteiger partial charge in [0.05, 0.1) is 22.2 Å². The number of benzene rings is 3. The molecule has 2 heterocycles. The van der Waals surface area contributed by atoms with Crippen LogP contribution in [0.15, 0.2) is 85.1 Å². The molecule has 0 radical (unpaired) electrons. The average Bonchev–Trinajstić information content (AvgIpc) is 3.04. The number of carbonyl (C=O) groups excluding carboxylic acids is 3. The van der Waals surface area contributed by atoms with Gasteiger partial charge in [0.2, 0.25) is 0 Å². The topological polar surface area (TPSA) is 76.6 Å². The molecule has 0 fully saturated rings. The molecule has 1 aliphatic heterocycles. The number of amides is 2. The number of imide groups is 1. The monoisotopic (exact) mass is 394 g/mol. The Morgan fingerprint density at radius 2 is 1.37 bits per heavy atom. The summed E-state index contributed by atoms with van der Waals surface area (Å²) >= 11 is 0. The molecule has 144 valence electrons. The van der Waals surface area contributed by atoms with Gasteiger partial charge in [0.25, 0.3) is 11.8 Å². The van der Waals surface area contributed by atoms with Crippen molar-refractivity contribution in [2.24, 2.45) is 0 Å². The summed E-state index contributed by atoms with van der Waals surface area (Å²) in [5, 5.41) is 1.53. The number of nitrogens with zero attached hydrogens (tertiary/aromatic N) is 2. The van der Waals surface area contributed by atoms with Crippen LogP contribution in [0.25, 0.3) is 22.0 Å². The third-order valence-corrected chi connectivity index (χ3v) is 5.00. The van der Waals surface area contributed by atoms with E-state index in [0.717, 1.165) is 22.0 Å². The van der Waals surface area contributed by atoms with Gasteiger partial charge in [0.15, 0.2) is 0 Å². The quantitative estimate of drug-likeness (QED) is 0.485. The van der Waals surface area contributed by atoms with Crippen molar-refractivity contribution in [2.45, 2.75) is 0 Å². The van der Waals surface area contributed by atoms with Crippen molar-refractivity contribution < 1.29 is 19.2 Å². The van der Waals surface area contributed by atoms with E-state index in [1.54, 1.807) is 42.6 Å². The van der Waals surface area contributed by atoms with Crippen molar-refractivity contribution in [1.82, 2.24) is 10.0 Å². The Balaban J connectivity index is 1.39. The van der Waals surface area contributed by atoms with Gasteiger partial charge >= 0.3 is 5.97 Å². The van der Waals surface area contributed by atoms with Crippen LogP contribution in [0.1, 0.15) is 31.1 Å². The molecule has 2 amide bonds. The van der Waals surface area contributed by atoms with Gasteiger partial charge in [0.1, 0.15) is 0 Å². The molecular weight excluding hydrogens is 380 g/mol. The fourth-order valence-electron chi connectivity index (χ4n) is 3.51. The van der Waals surface area contributed by atoms with E-state index in [0.29, 0.717) is 5.06 Å². The predicted octanol–water partition coefficient (Wildman–Crippen LogP) is 4.27. The molecule has 1 aliphatic rings. The lowest BCUT2D eigenvalue weighted by Crippen LogP contribution is -2.32. The van der Waals surface area contributed by atoms with Crippen molar-refractivity contribution in [3.8, 4) is 11.1 Å². The second kappa shape index (κ2) is 6.93. The minimum Gasteiger partial charge on any atom is -0.324 e. The minimum absolute atomic E-state index is 0.217. The van der Waals surface area contributed by atoms with Crippen LogP contribution < -0.4 is 0 Å². The second-order valence-corrected chi connectivity index (χ2v) is 6.79. The van der Waals surface area contributed by atoms with Gasteiger partial charge in [-0.25, -0.2) is 4.79 Å². The molecule has 0 spiro atoms. The number of carbonyl (C=O) groups is 3. The molecule has 0 saturated heterocycles. The number of hydrogen-bond donors (Lipinski definition) is 0.